The van der Waals surface area contributed by atoms with Gasteiger partial charge in [0.2, 0.25) is 0 Å². The van der Waals surface area contributed by atoms with Crippen LogP contribution in [0.1, 0.15) is 34.8 Å². The number of nitrogens with two attached hydrogens (primary N) is 1. The first-order chi connectivity index (χ1) is 16.5. The third-order valence-electron chi connectivity index (χ3n) is 6.61. The number of anilines is 1. The standard InChI is InChI=1S/C25H21FN6OS/c1-31-23-17-9-16(2-4-19(17)30-24(27)18(23)12-29-31)25(33)32-7-6-14(11-26)8-21(32)15-3-5-22-20(10-15)28-13-34-22/h2-5,9-13,21H,6-8H2,1H3,(H2,27,30). The molecule has 6 rings (SSSR count). The predicted molar refractivity (Wildman–Crippen MR) is 132 cm³/mol. The molecule has 9 heteroatoms. The van der Waals surface area contributed by atoms with Crippen LogP contribution in [-0.4, -0.2) is 37.1 Å². The summed E-state index contributed by atoms with van der Waals surface area (Å²) in [7, 11) is 1.84. The summed E-state index contributed by atoms with van der Waals surface area (Å²) >= 11 is 1.57. The highest BCUT2D eigenvalue weighted by Gasteiger charge is 2.31. The molecule has 4 heterocycles. The van der Waals surface area contributed by atoms with Crippen LogP contribution in [0.15, 0.2) is 60.0 Å². The quantitative estimate of drug-likeness (QED) is 0.384. The fourth-order valence-electron chi connectivity index (χ4n) is 4.86. The molecule has 7 nitrogen and oxygen atoms in total. The Kier molecular flexibility index (Phi) is 4.80. The lowest BCUT2D eigenvalue weighted by molar-refractivity contribution is 0.0647. The average molecular weight is 473 g/mol. The van der Waals surface area contributed by atoms with Crippen LogP contribution in [0.2, 0.25) is 0 Å². The molecule has 1 fully saturated rings. The Bertz CT molecular complexity index is 1620. The number of hydrogen-bond acceptors (Lipinski definition) is 6. The number of nitrogens with zero attached hydrogens (tertiary/aromatic N) is 5. The number of hydrogen-bond donors (Lipinski definition) is 1. The number of rotatable bonds is 2. The molecule has 0 radical (unpaired) electrons. The fraction of sp³-hybridized carbons (Fsp3) is 0.200. The van der Waals surface area contributed by atoms with Crippen LogP contribution in [0.5, 0.6) is 0 Å². The van der Waals surface area contributed by atoms with Gasteiger partial charge in [-0.1, -0.05) is 6.07 Å². The van der Waals surface area contributed by atoms with Gasteiger partial charge in [0.15, 0.2) is 0 Å². The van der Waals surface area contributed by atoms with Gasteiger partial charge in [0.1, 0.15) is 5.82 Å². The highest BCUT2D eigenvalue weighted by Crippen LogP contribution is 2.37. The summed E-state index contributed by atoms with van der Waals surface area (Å²) in [5, 5.41) is 5.89. The Labute approximate surface area is 198 Å². The SMILES string of the molecule is Cn1ncc2c(N)nc3ccc(C(=O)N4CCC(=CF)CC4c4ccc5scnc5c4)cc3c21. The number of aryl methyl sites for hydroxylation is 1. The molecular formula is C25H21FN6OS. The number of likely N-dealkylation sites (tertiary alicyclic amines) is 1. The van der Waals surface area contributed by atoms with Crippen LogP contribution in [0.4, 0.5) is 10.2 Å². The van der Waals surface area contributed by atoms with Crippen LogP contribution >= 0.6 is 11.3 Å². The number of aromatic nitrogens is 4. The van der Waals surface area contributed by atoms with Crippen molar-refractivity contribution in [1.29, 1.82) is 0 Å². The molecule has 0 spiro atoms. The molecular weight excluding hydrogens is 451 g/mol. The van der Waals surface area contributed by atoms with Crippen LogP contribution in [-0.2, 0) is 7.05 Å². The molecule has 2 aromatic carbocycles. The molecule has 1 atom stereocenters. The number of pyridine rings is 1. The molecule has 1 saturated heterocycles. The lowest BCUT2D eigenvalue weighted by Gasteiger charge is -2.37. The molecule has 0 aliphatic carbocycles. The number of fused-ring (bicyclic) bond motifs is 4. The van der Waals surface area contributed by atoms with Crippen molar-refractivity contribution in [3.63, 3.8) is 0 Å². The largest absolute Gasteiger partial charge is 0.383 e. The van der Waals surface area contributed by atoms with E-state index < -0.39 is 0 Å². The second-order valence-electron chi connectivity index (χ2n) is 8.57. The number of carbonyl (C=O) groups excluding carboxylic acids is 1. The first-order valence-electron chi connectivity index (χ1n) is 11.0. The van der Waals surface area contributed by atoms with Crippen LogP contribution in [0, 0.1) is 0 Å². The summed E-state index contributed by atoms with van der Waals surface area (Å²) in [6.45, 7) is 0.438. The van der Waals surface area contributed by atoms with Gasteiger partial charge in [-0.05, 0) is 54.3 Å². The molecule has 170 valence electrons. The molecule has 2 N–H and O–H groups in total. The Balaban J connectivity index is 1.44. The second-order valence-corrected chi connectivity index (χ2v) is 9.46. The van der Waals surface area contributed by atoms with Gasteiger partial charge in [-0.25, -0.2) is 14.4 Å². The molecule has 1 unspecified atom stereocenters. The van der Waals surface area contributed by atoms with Crippen molar-refractivity contribution in [3.05, 3.63) is 71.1 Å². The van der Waals surface area contributed by atoms with E-state index in [4.69, 9.17) is 5.73 Å². The molecule has 34 heavy (non-hydrogen) atoms. The average Bonchev–Trinajstić information content (AvgIpc) is 3.49. The van der Waals surface area contributed by atoms with Crippen molar-refractivity contribution < 1.29 is 9.18 Å². The molecule has 3 aromatic heterocycles. The molecule has 1 aliphatic heterocycles. The van der Waals surface area contributed by atoms with Crippen molar-refractivity contribution >= 4 is 55.1 Å². The van der Waals surface area contributed by atoms with Crippen LogP contribution in [0.25, 0.3) is 32.0 Å². The lowest BCUT2D eigenvalue weighted by atomic mass is 9.91. The number of halogens is 1. The second kappa shape index (κ2) is 7.88. The summed E-state index contributed by atoms with van der Waals surface area (Å²) in [5.74, 6) is 0.309. The zero-order valence-electron chi connectivity index (χ0n) is 18.4. The van der Waals surface area contributed by atoms with E-state index in [1.54, 1.807) is 33.8 Å². The number of amides is 1. The van der Waals surface area contributed by atoms with Gasteiger partial charge < -0.3 is 10.6 Å². The minimum atomic E-state index is -0.272. The maximum Gasteiger partial charge on any atom is 0.254 e. The summed E-state index contributed by atoms with van der Waals surface area (Å²) < 4.78 is 16.3. The monoisotopic (exact) mass is 472 g/mol. The van der Waals surface area contributed by atoms with E-state index >= 15 is 0 Å². The van der Waals surface area contributed by atoms with Gasteiger partial charge in [-0.3, -0.25) is 9.48 Å². The van der Waals surface area contributed by atoms with Crippen molar-refractivity contribution in [2.45, 2.75) is 18.9 Å². The molecule has 1 amide bonds. The number of thiazole rings is 1. The van der Waals surface area contributed by atoms with Crippen LogP contribution in [0.3, 0.4) is 0 Å². The smallest absolute Gasteiger partial charge is 0.254 e. The van der Waals surface area contributed by atoms with Gasteiger partial charge in [-0.2, -0.15) is 5.10 Å². The van der Waals surface area contributed by atoms with E-state index in [-0.39, 0.29) is 11.9 Å². The zero-order chi connectivity index (χ0) is 23.4. The Morgan fingerprint density at radius 1 is 1.21 bits per heavy atom. The Morgan fingerprint density at radius 2 is 2.09 bits per heavy atom. The van der Waals surface area contributed by atoms with Crippen molar-refractivity contribution in [1.82, 2.24) is 24.6 Å². The highest BCUT2D eigenvalue weighted by molar-refractivity contribution is 7.16. The highest BCUT2D eigenvalue weighted by atomic mass is 32.1. The van der Waals surface area contributed by atoms with E-state index in [0.717, 1.165) is 32.1 Å². The minimum Gasteiger partial charge on any atom is -0.383 e. The van der Waals surface area contributed by atoms with E-state index in [2.05, 4.69) is 15.1 Å². The first kappa shape index (κ1) is 20.7. The number of benzene rings is 2. The van der Waals surface area contributed by atoms with E-state index in [1.165, 1.54) is 0 Å². The normalized spacial score (nSPS) is 17.9. The zero-order valence-corrected chi connectivity index (χ0v) is 19.2. The summed E-state index contributed by atoms with van der Waals surface area (Å²) in [6.07, 6.45) is 3.33. The minimum absolute atomic E-state index is 0.102. The van der Waals surface area contributed by atoms with Crippen molar-refractivity contribution in [2.24, 2.45) is 7.05 Å². The number of nitrogen functional groups attached to an aromatic ring is 1. The molecule has 5 aromatic rings. The predicted octanol–water partition coefficient (Wildman–Crippen LogP) is 5.14. The van der Waals surface area contributed by atoms with Gasteiger partial charge in [0, 0.05) is 24.5 Å². The molecule has 0 bridgehead atoms. The third-order valence-corrected chi connectivity index (χ3v) is 7.42. The summed E-state index contributed by atoms with van der Waals surface area (Å²) in [4.78, 5) is 24.5. The van der Waals surface area contributed by atoms with Gasteiger partial charge >= 0.3 is 0 Å². The van der Waals surface area contributed by atoms with Crippen molar-refractivity contribution in [2.75, 3.05) is 12.3 Å². The van der Waals surface area contributed by atoms with Crippen molar-refractivity contribution in [3.8, 4) is 0 Å². The first-order valence-corrected chi connectivity index (χ1v) is 11.8. The third kappa shape index (κ3) is 3.23. The van der Waals surface area contributed by atoms with Gasteiger partial charge in [0.05, 0.1) is 50.7 Å². The summed E-state index contributed by atoms with van der Waals surface area (Å²) in [6, 6.07) is 11.2. The lowest BCUT2D eigenvalue weighted by Crippen LogP contribution is -2.39. The molecule has 0 saturated carbocycles. The maximum absolute atomic E-state index is 13.8. The van der Waals surface area contributed by atoms with E-state index in [1.807, 2.05) is 42.3 Å². The maximum atomic E-state index is 13.8. The Morgan fingerprint density at radius 3 is 2.94 bits per heavy atom. The van der Waals surface area contributed by atoms with Crippen LogP contribution < -0.4 is 5.73 Å². The number of piperidine rings is 1. The fourth-order valence-corrected chi connectivity index (χ4v) is 5.52. The number of carbonyl (C=O) groups is 1. The van der Waals surface area contributed by atoms with Gasteiger partial charge in [-0.15, -0.1) is 11.3 Å². The Hall–Kier alpha value is -3.85. The molecule has 1 aliphatic rings. The van der Waals surface area contributed by atoms with E-state index in [0.29, 0.717) is 48.2 Å². The topological polar surface area (TPSA) is 89.9 Å². The van der Waals surface area contributed by atoms with Gasteiger partial charge in [0.25, 0.3) is 5.91 Å². The summed E-state index contributed by atoms with van der Waals surface area (Å²) in [5.41, 5.74) is 12.6. The van der Waals surface area contributed by atoms with E-state index in [9.17, 15) is 9.18 Å².